The van der Waals surface area contributed by atoms with E-state index in [4.69, 9.17) is 0 Å². The number of likely N-dealkylation sites (tertiary alicyclic amines) is 1. The van der Waals surface area contributed by atoms with Gasteiger partial charge in [-0.25, -0.2) is 0 Å². The van der Waals surface area contributed by atoms with Gasteiger partial charge in [-0.05, 0) is 18.1 Å². The van der Waals surface area contributed by atoms with E-state index in [-0.39, 0.29) is 24.3 Å². The Morgan fingerprint density at radius 1 is 1.40 bits per heavy atom. The van der Waals surface area contributed by atoms with Crippen LogP contribution in [0.15, 0.2) is 42.5 Å². The molecule has 0 amide bonds. The maximum Gasteiger partial charge on any atom is 0.155 e. The largest absolute Gasteiger partial charge is 0.395 e. The second-order valence-corrected chi connectivity index (χ2v) is 5.34. The number of benzene rings is 1. The van der Waals surface area contributed by atoms with Crippen LogP contribution in [0.4, 0.5) is 0 Å². The number of ketones is 1. The molecule has 3 atom stereocenters. The van der Waals surface area contributed by atoms with Gasteiger partial charge in [-0.2, -0.15) is 0 Å². The molecule has 0 radical (unpaired) electrons. The summed E-state index contributed by atoms with van der Waals surface area (Å²) in [5, 5.41) is 19.8. The Morgan fingerprint density at radius 3 is 2.60 bits per heavy atom. The molecule has 1 heterocycles. The molecule has 2 rings (SSSR count). The molecule has 0 aliphatic carbocycles. The van der Waals surface area contributed by atoms with E-state index in [1.807, 2.05) is 35.2 Å². The fourth-order valence-electron chi connectivity index (χ4n) is 2.78. The van der Waals surface area contributed by atoms with Crippen molar-refractivity contribution in [2.45, 2.75) is 25.6 Å². The molecule has 1 aromatic carbocycles. The van der Waals surface area contributed by atoms with Crippen LogP contribution in [0.5, 0.6) is 0 Å². The van der Waals surface area contributed by atoms with Crippen LogP contribution in [0.1, 0.15) is 12.5 Å². The Hall–Kier alpha value is -1.49. The van der Waals surface area contributed by atoms with Gasteiger partial charge in [-0.15, -0.1) is 0 Å². The molecule has 108 valence electrons. The van der Waals surface area contributed by atoms with Crippen molar-refractivity contribution in [2.24, 2.45) is 5.92 Å². The Balaban J connectivity index is 2.13. The highest BCUT2D eigenvalue weighted by atomic mass is 16.3. The minimum atomic E-state index is -0.750. The lowest BCUT2D eigenvalue weighted by atomic mass is 9.92. The predicted molar refractivity (Wildman–Crippen MR) is 77.0 cm³/mol. The highest BCUT2D eigenvalue weighted by Crippen LogP contribution is 2.30. The number of Topliss-reactive ketones (excluding diaryl/α,β-unsaturated/α-hetero) is 1. The fourth-order valence-corrected chi connectivity index (χ4v) is 2.78. The van der Waals surface area contributed by atoms with Crippen LogP contribution in [0.25, 0.3) is 0 Å². The van der Waals surface area contributed by atoms with E-state index in [1.165, 1.54) is 6.92 Å². The second-order valence-electron chi connectivity index (χ2n) is 5.34. The summed E-state index contributed by atoms with van der Waals surface area (Å²) in [6.45, 7) is 6.30. The average Bonchev–Trinajstić information content (AvgIpc) is 2.75. The van der Waals surface area contributed by atoms with E-state index >= 15 is 0 Å². The normalized spacial score (nSPS) is 26.6. The van der Waals surface area contributed by atoms with Gasteiger partial charge in [0.25, 0.3) is 0 Å². The zero-order valence-electron chi connectivity index (χ0n) is 11.7. The molecule has 0 aromatic heterocycles. The Kier molecular flexibility index (Phi) is 4.70. The van der Waals surface area contributed by atoms with Crippen LogP contribution in [-0.2, 0) is 11.3 Å². The SMILES string of the molecule is C=C(C(C)=O)C1CN(Cc2ccccc2)C(CO)C1O. The average molecular weight is 275 g/mol. The Labute approximate surface area is 119 Å². The standard InChI is InChI=1S/C16H21NO3/c1-11(12(2)19)14-9-17(15(10-18)16(14)20)8-13-6-4-3-5-7-13/h3-7,14-16,18,20H,1,8-10H2,2H3. The van der Waals surface area contributed by atoms with Crippen molar-refractivity contribution in [2.75, 3.05) is 13.2 Å². The molecule has 3 unspecified atom stereocenters. The van der Waals surface area contributed by atoms with Gasteiger partial charge in [-0.3, -0.25) is 9.69 Å². The van der Waals surface area contributed by atoms with E-state index in [0.29, 0.717) is 18.7 Å². The maximum atomic E-state index is 11.4. The minimum Gasteiger partial charge on any atom is -0.395 e. The maximum absolute atomic E-state index is 11.4. The van der Waals surface area contributed by atoms with Crippen molar-refractivity contribution in [3.63, 3.8) is 0 Å². The molecule has 1 aliphatic rings. The van der Waals surface area contributed by atoms with Gasteiger partial charge in [0, 0.05) is 19.0 Å². The lowest BCUT2D eigenvalue weighted by Crippen LogP contribution is -2.38. The molecule has 1 fully saturated rings. The third kappa shape index (κ3) is 2.98. The molecule has 4 heteroatoms. The number of hydrogen-bond donors (Lipinski definition) is 2. The smallest absolute Gasteiger partial charge is 0.155 e. The number of nitrogens with zero attached hydrogens (tertiary/aromatic N) is 1. The van der Waals surface area contributed by atoms with Crippen LogP contribution in [0, 0.1) is 5.92 Å². The molecule has 0 spiro atoms. The van der Waals surface area contributed by atoms with Crippen LogP contribution in [0.3, 0.4) is 0 Å². The minimum absolute atomic E-state index is 0.104. The summed E-state index contributed by atoms with van der Waals surface area (Å²) in [5.74, 6) is -0.402. The van der Waals surface area contributed by atoms with Gasteiger partial charge >= 0.3 is 0 Å². The predicted octanol–water partition coefficient (Wildman–Crippen LogP) is 0.985. The van der Waals surface area contributed by atoms with Crippen molar-refractivity contribution in [1.82, 2.24) is 4.90 Å². The van der Waals surface area contributed by atoms with Crippen molar-refractivity contribution >= 4 is 5.78 Å². The first-order valence-electron chi connectivity index (χ1n) is 6.81. The molecule has 1 saturated heterocycles. The molecular weight excluding hydrogens is 254 g/mol. The lowest BCUT2D eigenvalue weighted by molar-refractivity contribution is -0.114. The van der Waals surface area contributed by atoms with Crippen molar-refractivity contribution < 1.29 is 15.0 Å². The lowest BCUT2D eigenvalue weighted by Gasteiger charge is -2.24. The number of carbonyl (C=O) groups is 1. The van der Waals surface area contributed by atoms with Gasteiger partial charge in [0.05, 0.1) is 18.8 Å². The van der Waals surface area contributed by atoms with Crippen LogP contribution in [0.2, 0.25) is 0 Å². The van der Waals surface area contributed by atoms with Crippen LogP contribution >= 0.6 is 0 Å². The van der Waals surface area contributed by atoms with Crippen molar-refractivity contribution in [1.29, 1.82) is 0 Å². The third-order valence-electron chi connectivity index (χ3n) is 4.02. The first-order chi connectivity index (χ1) is 9.54. The van der Waals surface area contributed by atoms with E-state index in [2.05, 4.69) is 6.58 Å². The highest BCUT2D eigenvalue weighted by Gasteiger charge is 2.42. The quantitative estimate of drug-likeness (QED) is 0.787. The van der Waals surface area contributed by atoms with Gasteiger partial charge in [0.1, 0.15) is 0 Å². The number of aliphatic hydroxyl groups is 2. The number of aliphatic hydroxyl groups excluding tert-OH is 2. The summed E-state index contributed by atoms with van der Waals surface area (Å²) in [5.41, 5.74) is 1.55. The van der Waals surface area contributed by atoms with Gasteiger partial charge in [0.15, 0.2) is 5.78 Å². The zero-order chi connectivity index (χ0) is 14.7. The number of rotatable bonds is 5. The van der Waals surface area contributed by atoms with Gasteiger partial charge in [-0.1, -0.05) is 36.9 Å². The topological polar surface area (TPSA) is 60.8 Å². The number of carbonyl (C=O) groups excluding carboxylic acids is 1. The molecule has 4 nitrogen and oxygen atoms in total. The zero-order valence-corrected chi connectivity index (χ0v) is 11.7. The fraction of sp³-hybridized carbons (Fsp3) is 0.438. The van der Waals surface area contributed by atoms with Crippen molar-refractivity contribution in [3.05, 3.63) is 48.0 Å². The van der Waals surface area contributed by atoms with E-state index < -0.39 is 6.10 Å². The summed E-state index contributed by atoms with van der Waals surface area (Å²) in [6, 6.07) is 9.54. The molecule has 20 heavy (non-hydrogen) atoms. The molecule has 0 saturated carbocycles. The van der Waals surface area contributed by atoms with E-state index in [9.17, 15) is 15.0 Å². The first-order valence-corrected chi connectivity index (χ1v) is 6.81. The third-order valence-corrected chi connectivity index (χ3v) is 4.02. The summed E-state index contributed by atoms with van der Waals surface area (Å²) in [4.78, 5) is 13.5. The van der Waals surface area contributed by atoms with Crippen molar-refractivity contribution in [3.8, 4) is 0 Å². The van der Waals surface area contributed by atoms with Gasteiger partial charge < -0.3 is 10.2 Å². The van der Waals surface area contributed by atoms with E-state index in [1.54, 1.807) is 0 Å². The Morgan fingerprint density at radius 2 is 2.05 bits per heavy atom. The monoisotopic (exact) mass is 275 g/mol. The summed E-state index contributed by atoms with van der Waals surface area (Å²) < 4.78 is 0. The second kappa shape index (κ2) is 6.31. The summed E-state index contributed by atoms with van der Waals surface area (Å²) in [7, 11) is 0. The molecular formula is C16H21NO3. The first kappa shape index (κ1) is 14.9. The van der Waals surface area contributed by atoms with Gasteiger partial charge in [0.2, 0.25) is 0 Å². The Bertz CT molecular complexity index is 486. The highest BCUT2D eigenvalue weighted by molar-refractivity contribution is 5.93. The molecule has 2 N–H and O–H groups in total. The van der Waals surface area contributed by atoms with Crippen LogP contribution < -0.4 is 0 Å². The molecule has 1 aromatic rings. The summed E-state index contributed by atoms with van der Waals surface area (Å²) >= 11 is 0. The summed E-state index contributed by atoms with van der Waals surface area (Å²) in [6.07, 6.45) is -0.750. The van der Waals surface area contributed by atoms with E-state index in [0.717, 1.165) is 5.56 Å². The molecule has 0 bridgehead atoms. The molecule has 1 aliphatic heterocycles. The number of hydrogen-bond acceptors (Lipinski definition) is 4. The van der Waals surface area contributed by atoms with Crippen LogP contribution in [-0.4, -0.2) is 46.2 Å².